The van der Waals surface area contributed by atoms with E-state index >= 15 is 0 Å². The highest BCUT2D eigenvalue weighted by atomic mass is 79.9. The minimum Gasteiger partial charge on any atom is -0.478 e. The molecular weight excluding hydrogens is 440 g/mol. The van der Waals surface area contributed by atoms with Gasteiger partial charge in [-0.15, -0.1) is 10.2 Å². The van der Waals surface area contributed by atoms with Crippen molar-refractivity contribution in [2.75, 3.05) is 0 Å². The van der Waals surface area contributed by atoms with Crippen molar-refractivity contribution in [3.63, 3.8) is 0 Å². The van der Waals surface area contributed by atoms with Crippen LogP contribution >= 0.6 is 27.7 Å². The van der Waals surface area contributed by atoms with Gasteiger partial charge in [0.1, 0.15) is 0 Å². The van der Waals surface area contributed by atoms with Gasteiger partial charge in [-0.2, -0.15) is 9.78 Å². The molecule has 0 aliphatic rings. The van der Waals surface area contributed by atoms with E-state index in [2.05, 4.69) is 31.2 Å². The lowest BCUT2D eigenvalue weighted by Gasteiger charge is -2.07. The van der Waals surface area contributed by atoms with Gasteiger partial charge in [0.2, 0.25) is 5.16 Å². The molecule has 2 aromatic carbocycles. The number of nitrogens with zero attached hydrogens (tertiary/aromatic N) is 4. The third-order valence-electron chi connectivity index (χ3n) is 3.94. The number of thioether (sulfide) groups is 1. The summed E-state index contributed by atoms with van der Waals surface area (Å²) in [6.07, 6.45) is 1.54. The number of carboxylic acids is 1. The molecule has 144 valence electrons. The van der Waals surface area contributed by atoms with Crippen molar-refractivity contribution >= 4 is 39.9 Å². The summed E-state index contributed by atoms with van der Waals surface area (Å²) in [4.78, 5) is 11.4. The van der Waals surface area contributed by atoms with Crippen LogP contribution in [-0.2, 0) is 5.75 Å². The van der Waals surface area contributed by atoms with E-state index in [1.807, 2.05) is 38.1 Å². The fraction of sp³-hybridized carbons (Fsp3) is 0.200. The lowest BCUT2D eigenvalue weighted by molar-refractivity contribution is 0.0696. The summed E-state index contributed by atoms with van der Waals surface area (Å²) in [5, 5.41) is 23.1. The zero-order valence-corrected chi connectivity index (χ0v) is 17.8. The topological polar surface area (TPSA) is 80.4 Å². The third kappa shape index (κ3) is 4.88. The van der Waals surface area contributed by atoms with Crippen molar-refractivity contribution in [2.45, 2.75) is 30.7 Å². The molecule has 6 nitrogen and oxygen atoms in total. The zero-order chi connectivity index (χ0) is 20.1. The van der Waals surface area contributed by atoms with Gasteiger partial charge in [-0.1, -0.05) is 71.9 Å². The van der Waals surface area contributed by atoms with Crippen LogP contribution in [0.4, 0.5) is 0 Å². The maximum atomic E-state index is 11.4. The fourth-order valence-corrected chi connectivity index (χ4v) is 3.60. The van der Waals surface area contributed by atoms with Crippen LogP contribution in [0, 0.1) is 0 Å². The lowest BCUT2D eigenvalue weighted by Crippen LogP contribution is -2.05. The molecule has 0 aliphatic carbocycles. The van der Waals surface area contributed by atoms with Gasteiger partial charge in [-0.25, -0.2) is 4.79 Å². The minimum absolute atomic E-state index is 0.126. The Labute approximate surface area is 175 Å². The van der Waals surface area contributed by atoms with E-state index in [0.29, 0.717) is 10.7 Å². The van der Waals surface area contributed by atoms with Crippen LogP contribution in [0.25, 0.3) is 0 Å². The second-order valence-corrected chi connectivity index (χ2v) is 8.22. The van der Waals surface area contributed by atoms with E-state index in [0.717, 1.165) is 21.6 Å². The second-order valence-electron chi connectivity index (χ2n) is 6.36. The summed E-state index contributed by atoms with van der Waals surface area (Å²) in [6.45, 7) is 4.04. The molecule has 0 fully saturated rings. The van der Waals surface area contributed by atoms with Crippen LogP contribution in [0.1, 0.15) is 47.1 Å². The summed E-state index contributed by atoms with van der Waals surface area (Å²) in [7, 11) is 0. The quantitative estimate of drug-likeness (QED) is 0.396. The van der Waals surface area contributed by atoms with Gasteiger partial charge in [0.25, 0.3) is 0 Å². The Balaban J connectivity index is 1.88. The van der Waals surface area contributed by atoms with Gasteiger partial charge in [-0.05, 0) is 23.8 Å². The van der Waals surface area contributed by atoms with Gasteiger partial charge in [-0.3, -0.25) is 0 Å². The molecule has 3 aromatic rings. The number of carboxylic acid groups (broad SMARTS) is 1. The molecule has 0 spiro atoms. The Bertz CT molecular complexity index is 1000. The molecule has 0 bridgehead atoms. The number of hydrogen-bond acceptors (Lipinski definition) is 5. The molecule has 1 aromatic heterocycles. The largest absolute Gasteiger partial charge is 0.478 e. The second kappa shape index (κ2) is 9.16. The highest BCUT2D eigenvalue weighted by Crippen LogP contribution is 2.25. The van der Waals surface area contributed by atoms with Crippen molar-refractivity contribution in [2.24, 2.45) is 5.10 Å². The molecule has 0 atom stereocenters. The average Bonchev–Trinajstić information content (AvgIpc) is 3.09. The number of aromatic carboxylic acids is 1. The number of aromatic nitrogens is 3. The predicted molar refractivity (Wildman–Crippen MR) is 114 cm³/mol. The minimum atomic E-state index is -0.986. The Morgan fingerprint density at radius 3 is 2.61 bits per heavy atom. The molecule has 0 radical (unpaired) electrons. The van der Waals surface area contributed by atoms with E-state index in [1.54, 1.807) is 35.2 Å². The van der Waals surface area contributed by atoms with E-state index in [-0.39, 0.29) is 11.5 Å². The summed E-state index contributed by atoms with van der Waals surface area (Å²) in [5.41, 5.74) is 1.89. The van der Waals surface area contributed by atoms with Crippen molar-refractivity contribution in [3.8, 4) is 0 Å². The van der Waals surface area contributed by atoms with Crippen LogP contribution in [0.5, 0.6) is 0 Å². The van der Waals surface area contributed by atoms with Crippen molar-refractivity contribution in [1.82, 2.24) is 14.9 Å². The summed E-state index contributed by atoms with van der Waals surface area (Å²) < 4.78 is 2.72. The first-order valence-corrected chi connectivity index (χ1v) is 10.4. The molecular formula is C20H19BrN4O2S. The van der Waals surface area contributed by atoms with Crippen LogP contribution < -0.4 is 0 Å². The number of hydrogen-bond donors (Lipinski definition) is 1. The van der Waals surface area contributed by atoms with Crippen molar-refractivity contribution in [3.05, 3.63) is 75.5 Å². The SMILES string of the molecule is CC(C)c1nnc(SCc2ccc(Br)cc2)n1/N=C\c1ccccc1C(=O)O. The van der Waals surface area contributed by atoms with Gasteiger partial charge in [0.05, 0.1) is 11.8 Å². The number of halogens is 1. The number of carbonyl (C=O) groups is 1. The van der Waals surface area contributed by atoms with Crippen LogP contribution in [0.3, 0.4) is 0 Å². The number of benzene rings is 2. The normalized spacial score (nSPS) is 11.4. The lowest BCUT2D eigenvalue weighted by atomic mass is 10.1. The molecule has 28 heavy (non-hydrogen) atoms. The van der Waals surface area contributed by atoms with Crippen LogP contribution in [-0.4, -0.2) is 32.2 Å². The first-order chi connectivity index (χ1) is 13.5. The summed E-state index contributed by atoms with van der Waals surface area (Å²) >= 11 is 4.97. The van der Waals surface area contributed by atoms with Crippen molar-refractivity contribution < 1.29 is 9.90 Å². The highest BCUT2D eigenvalue weighted by molar-refractivity contribution is 9.10. The molecule has 0 unspecified atom stereocenters. The van der Waals surface area contributed by atoms with Gasteiger partial charge < -0.3 is 5.11 Å². The molecule has 3 rings (SSSR count). The predicted octanol–water partition coefficient (Wildman–Crippen LogP) is 5.04. The maximum absolute atomic E-state index is 11.4. The highest BCUT2D eigenvalue weighted by Gasteiger charge is 2.15. The fourth-order valence-electron chi connectivity index (χ4n) is 2.49. The first-order valence-electron chi connectivity index (χ1n) is 8.65. The van der Waals surface area contributed by atoms with E-state index < -0.39 is 5.97 Å². The smallest absolute Gasteiger partial charge is 0.336 e. The molecule has 0 saturated heterocycles. The Kier molecular flexibility index (Phi) is 6.64. The number of rotatable bonds is 7. The van der Waals surface area contributed by atoms with Gasteiger partial charge in [0, 0.05) is 21.7 Å². The Morgan fingerprint density at radius 2 is 1.93 bits per heavy atom. The molecule has 1 heterocycles. The first kappa shape index (κ1) is 20.3. The molecule has 0 amide bonds. The Hall–Kier alpha value is -2.45. The molecule has 8 heteroatoms. The van der Waals surface area contributed by atoms with Crippen LogP contribution in [0.2, 0.25) is 0 Å². The summed E-state index contributed by atoms with van der Waals surface area (Å²) in [6, 6.07) is 14.9. The van der Waals surface area contributed by atoms with E-state index in [4.69, 9.17) is 0 Å². The standard InChI is InChI=1S/C20H19BrN4O2S/c1-13(2)18-23-24-20(28-12-14-7-9-16(21)10-8-14)25(18)22-11-15-5-3-4-6-17(15)19(26)27/h3-11,13H,12H2,1-2H3,(H,26,27)/b22-11-. The average molecular weight is 459 g/mol. The van der Waals surface area contributed by atoms with Gasteiger partial charge in [0.15, 0.2) is 5.82 Å². The van der Waals surface area contributed by atoms with Crippen LogP contribution in [0.15, 0.2) is 63.3 Å². The maximum Gasteiger partial charge on any atom is 0.336 e. The summed E-state index contributed by atoms with van der Waals surface area (Å²) in [5.74, 6) is 0.591. The Morgan fingerprint density at radius 1 is 1.21 bits per heavy atom. The van der Waals surface area contributed by atoms with Gasteiger partial charge >= 0.3 is 5.97 Å². The third-order valence-corrected chi connectivity index (χ3v) is 5.46. The van der Waals surface area contributed by atoms with Crippen molar-refractivity contribution in [1.29, 1.82) is 0 Å². The van der Waals surface area contributed by atoms with E-state index in [1.165, 1.54) is 11.8 Å². The zero-order valence-electron chi connectivity index (χ0n) is 15.4. The molecule has 0 saturated carbocycles. The monoisotopic (exact) mass is 458 g/mol. The molecule has 0 aliphatic heterocycles. The van der Waals surface area contributed by atoms with E-state index in [9.17, 15) is 9.90 Å². The molecule has 1 N–H and O–H groups in total.